The van der Waals surface area contributed by atoms with Gasteiger partial charge in [0.15, 0.2) is 5.82 Å². The maximum Gasteiger partial charge on any atom is 0.268 e. The molecule has 0 aliphatic carbocycles. The predicted molar refractivity (Wildman–Crippen MR) is 109 cm³/mol. The molecule has 0 radical (unpaired) electrons. The lowest BCUT2D eigenvalue weighted by Crippen LogP contribution is -2.11. The van der Waals surface area contributed by atoms with Crippen molar-refractivity contribution in [3.63, 3.8) is 0 Å². The molecule has 0 N–H and O–H groups in total. The molecular formula is C21H14FN5O2S. The number of hydrogen-bond acceptors (Lipinski definition) is 5. The van der Waals surface area contributed by atoms with E-state index in [-0.39, 0.29) is 10.4 Å². The van der Waals surface area contributed by atoms with Gasteiger partial charge >= 0.3 is 0 Å². The zero-order valence-electron chi connectivity index (χ0n) is 15.4. The molecule has 5 aromatic rings. The van der Waals surface area contributed by atoms with Gasteiger partial charge in [0.25, 0.3) is 10.0 Å². The molecule has 148 valence electrons. The highest BCUT2D eigenvalue weighted by Crippen LogP contribution is 2.33. The van der Waals surface area contributed by atoms with Crippen LogP contribution in [0.15, 0.2) is 90.3 Å². The summed E-state index contributed by atoms with van der Waals surface area (Å²) in [7, 11) is -3.91. The number of fused-ring (bicyclic) bond motifs is 1. The van der Waals surface area contributed by atoms with Gasteiger partial charge in [0.1, 0.15) is 5.82 Å². The van der Waals surface area contributed by atoms with Crippen LogP contribution < -0.4 is 0 Å². The van der Waals surface area contributed by atoms with Crippen molar-refractivity contribution in [3.8, 4) is 16.9 Å². The molecule has 0 aliphatic rings. The number of halogens is 1. The normalized spacial score (nSPS) is 11.8. The second kappa shape index (κ2) is 6.89. The number of rotatable bonds is 4. The SMILES string of the molecule is O=S(=O)(c1ccccc1)n1cc(-c2cnn(-c3cccnn3)c2)c2ccc(F)cc21. The number of aromatic nitrogens is 5. The van der Waals surface area contributed by atoms with E-state index in [1.54, 1.807) is 59.7 Å². The van der Waals surface area contributed by atoms with Crippen molar-refractivity contribution < 1.29 is 12.8 Å². The Bertz CT molecular complexity index is 1460. The maximum atomic E-state index is 14.0. The number of hydrogen-bond donors (Lipinski definition) is 0. The summed E-state index contributed by atoms with van der Waals surface area (Å²) < 4.78 is 43.1. The van der Waals surface area contributed by atoms with E-state index in [1.807, 2.05) is 0 Å². The van der Waals surface area contributed by atoms with Crippen LogP contribution in [0, 0.1) is 5.82 Å². The minimum absolute atomic E-state index is 0.118. The van der Waals surface area contributed by atoms with Gasteiger partial charge in [-0.05, 0) is 42.5 Å². The second-order valence-electron chi connectivity index (χ2n) is 6.57. The van der Waals surface area contributed by atoms with Gasteiger partial charge < -0.3 is 0 Å². The van der Waals surface area contributed by atoms with Gasteiger partial charge in [0, 0.05) is 35.1 Å². The molecule has 0 bridgehead atoms. The smallest absolute Gasteiger partial charge is 0.240 e. The summed E-state index contributed by atoms with van der Waals surface area (Å²) >= 11 is 0. The van der Waals surface area contributed by atoms with Gasteiger partial charge in [-0.1, -0.05) is 18.2 Å². The van der Waals surface area contributed by atoms with Crippen molar-refractivity contribution in [1.82, 2.24) is 24.0 Å². The Morgan fingerprint density at radius 1 is 0.933 bits per heavy atom. The summed E-state index contributed by atoms with van der Waals surface area (Å²) in [6, 6.07) is 15.6. The van der Waals surface area contributed by atoms with E-state index in [2.05, 4.69) is 15.3 Å². The highest BCUT2D eigenvalue weighted by molar-refractivity contribution is 7.90. The van der Waals surface area contributed by atoms with Crippen LogP contribution in [0.25, 0.3) is 27.8 Å². The van der Waals surface area contributed by atoms with Gasteiger partial charge in [-0.3, -0.25) is 0 Å². The molecule has 7 nitrogen and oxygen atoms in total. The Labute approximate surface area is 171 Å². The molecule has 30 heavy (non-hydrogen) atoms. The van der Waals surface area contributed by atoms with Crippen LogP contribution in [0.4, 0.5) is 4.39 Å². The molecule has 0 aliphatic heterocycles. The maximum absolute atomic E-state index is 14.0. The second-order valence-corrected chi connectivity index (χ2v) is 8.39. The van der Waals surface area contributed by atoms with Crippen molar-refractivity contribution in [2.75, 3.05) is 0 Å². The summed E-state index contributed by atoms with van der Waals surface area (Å²) in [5.41, 5.74) is 1.53. The zero-order valence-corrected chi connectivity index (χ0v) is 16.2. The molecule has 0 fully saturated rings. The fraction of sp³-hybridized carbons (Fsp3) is 0. The largest absolute Gasteiger partial charge is 0.268 e. The average molecular weight is 419 g/mol. The fourth-order valence-corrected chi connectivity index (χ4v) is 4.69. The Kier molecular flexibility index (Phi) is 4.18. The van der Waals surface area contributed by atoms with E-state index in [9.17, 15) is 12.8 Å². The minimum Gasteiger partial charge on any atom is -0.240 e. The van der Waals surface area contributed by atoms with Crippen molar-refractivity contribution in [1.29, 1.82) is 0 Å². The van der Waals surface area contributed by atoms with E-state index in [0.29, 0.717) is 22.3 Å². The Morgan fingerprint density at radius 2 is 1.77 bits per heavy atom. The average Bonchev–Trinajstić information content (AvgIpc) is 3.40. The third-order valence-electron chi connectivity index (χ3n) is 4.72. The monoisotopic (exact) mass is 419 g/mol. The van der Waals surface area contributed by atoms with E-state index >= 15 is 0 Å². The van der Waals surface area contributed by atoms with Crippen molar-refractivity contribution in [2.24, 2.45) is 0 Å². The topological polar surface area (TPSA) is 82.7 Å². The van der Waals surface area contributed by atoms with Crippen LogP contribution in [0.1, 0.15) is 0 Å². The third kappa shape index (κ3) is 2.96. The van der Waals surface area contributed by atoms with Gasteiger partial charge in [-0.15, -0.1) is 5.10 Å². The molecule has 3 aromatic heterocycles. The van der Waals surface area contributed by atoms with E-state index in [0.717, 1.165) is 3.97 Å². The Morgan fingerprint density at radius 3 is 2.53 bits per heavy atom. The van der Waals surface area contributed by atoms with Crippen molar-refractivity contribution in [3.05, 3.63) is 91.3 Å². The summed E-state index contributed by atoms with van der Waals surface area (Å²) in [4.78, 5) is 0.118. The summed E-state index contributed by atoms with van der Waals surface area (Å²) in [5.74, 6) is 0.00218. The molecule has 9 heteroatoms. The third-order valence-corrected chi connectivity index (χ3v) is 6.41. The molecule has 0 saturated heterocycles. The first-order chi connectivity index (χ1) is 14.5. The summed E-state index contributed by atoms with van der Waals surface area (Å²) in [6.45, 7) is 0. The molecule has 2 aromatic carbocycles. The van der Waals surface area contributed by atoms with Crippen LogP contribution >= 0.6 is 0 Å². The van der Waals surface area contributed by atoms with Crippen LogP contribution in [0.2, 0.25) is 0 Å². The fourth-order valence-electron chi connectivity index (χ4n) is 3.31. The van der Waals surface area contributed by atoms with Crippen LogP contribution in [0.3, 0.4) is 0 Å². The van der Waals surface area contributed by atoms with E-state index < -0.39 is 15.8 Å². The van der Waals surface area contributed by atoms with Crippen LogP contribution in [0.5, 0.6) is 0 Å². The first-order valence-electron chi connectivity index (χ1n) is 8.98. The highest BCUT2D eigenvalue weighted by atomic mass is 32.2. The van der Waals surface area contributed by atoms with Gasteiger partial charge in [-0.2, -0.15) is 10.2 Å². The Hall–Kier alpha value is -3.85. The first kappa shape index (κ1) is 18.2. The molecule has 3 heterocycles. The van der Waals surface area contributed by atoms with Gasteiger partial charge in [-0.25, -0.2) is 21.5 Å². The minimum atomic E-state index is -3.91. The number of benzene rings is 2. The zero-order chi connectivity index (χ0) is 20.7. The molecular weight excluding hydrogens is 405 g/mol. The summed E-state index contributed by atoms with van der Waals surface area (Å²) in [5, 5.41) is 12.7. The molecule has 0 amide bonds. The lowest BCUT2D eigenvalue weighted by atomic mass is 10.1. The molecule has 0 saturated carbocycles. The molecule has 5 rings (SSSR count). The summed E-state index contributed by atoms with van der Waals surface area (Å²) in [6.07, 6.45) is 6.38. The first-order valence-corrected chi connectivity index (χ1v) is 10.4. The van der Waals surface area contributed by atoms with Crippen molar-refractivity contribution >= 4 is 20.9 Å². The lowest BCUT2D eigenvalue weighted by Gasteiger charge is -2.07. The predicted octanol–water partition coefficient (Wildman–Crippen LogP) is 3.66. The molecule has 0 atom stereocenters. The van der Waals surface area contributed by atoms with Crippen LogP contribution in [-0.4, -0.2) is 32.4 Å². The van der Waals surface area contributed by atoms with Gasteiger partial charge in [0.05, 0.1) is 16.6 Å². The Balaban J connectivity index is 1.71. The quantitative estimate of drug-likeness (QED) is 0.444. The standard InChI is InChI=1S/C21H14FN5O2S/c22-16-8-9-18-19(15-12-24-26(13-15)21-7-4-10-23-25-21)14-27(20(18)11-16)30(28,29)17-5-2-1-3-6-17/h1-14H. The van der Waals surface area contributed by atoms with E-state index in [4.69, 9.17) is 0 Å². The number of nitrogens with zero attached hydrogens (tertiary/aromatic N) is 5. The van der Waals surface area contributed by atoms with Crippen molar-refractivity contribution in [2.45, 2.75) is 4.90 Å². The van der Waals surface area contributed by atoms with Crippen LogP contribution in [-0.2, 0) is 10.0 Å². The van der Waals surface area contributed by atoms with Gasteiger partial charge in [0.2, 0.25) is 0 Å². The highest BCUT2D eigenvalue weighted by Gasteiger charge is 2.22. The molecule has 0 unspecified atom stereocenters. The molecule has 0 spiro atoms. The van der Waals surface area contributed by atoms with E-state index in [1.165, 1.54) is 30.5 Å². The lowest BCUT2D eigenvalue weighted by molar-refractivity contribution is 0.589.